The van der Waals surface area contributed by atoms with E-state index in [1.165, 1.54) is 12.1 Å². The molecule has 0 aliphatic heterocycles. The van der Waals surface area contributed by atoms with Crippen molar-refractivity contribution in [3.63, 3.8) is 0 Å². The van der Waals surface area contributed by atoms with Crippen LogP contribution in [-0.4, -0.2) is 25.0 Å². The summed E-state index contributed by atoms with van der Waals surface area (Å²) in [6.45, 7) is 0. The summed E-state index contributed by atoms with van der Waals surface area (Å²) in [5.41, 5.74) is -1.46. The molecule has 0 radical (unpaired) electrons. The number of sulfonamides is 1. The standard InChI is InChI=1S/C11H10BrCl2NO4S/c12-6-4-7(13)9(8(14)5-6)20(18,19)15-11(10(16)17)2-1-3-11/h4-5,15H,1-3H2,(H,16,17). The van der Waals surface area contributed by atoms with Crippen LogP contribution in [0.15, 0.2) is 21.5 Å². The second kappa shape index (κ2) is 5.46. The maximum absolute atomic E-state index is 12.3. The number of carboxylic acid groups (broad SMARTS) is 1. The van der Waals surface area contributed by atoms with Gasteiger partial charge in [-0.25, -0.2) is 8.42 Å². The molecule has 1 saturated carbocycles. The summed E-state index contributed by atoms with van der Waals surface area (Å²) in [6, 6.07) is 2.77. The number of carbonyl (C=O) groups is 1. The van der Waals surface area contributed by atoms with Crippen molar-refractivity contribution in [2.45, 2.75) is 29.7 Å². The van der Waals surface area contributed by atoms with Gasteiger partial charge >= 0.3 is 5.97 Å². The summed E-state index contributed by atoms with van der Waals surface area (Å²) >= 11 is 15.0. The Morgan fingerprint density at radius 1 is 1.30 bits per heavy atom. The number of halogens is 3. The van der Waals surface area contributed by atoms with Crippen LogP contribution in [-0.2, 0) is 14.8 Å². The van der Waals surface area contributed by atoms with Crippen molar-refractivity contribution in [2.75, 3.05) is 0 Å². The van der Waals surface area contributed by atoms with Crippen LogP contribution < -0.4 is 4.72 Å². The first-order chi connectivity index (χ1) is 9.18. The Morgan fingerprint density at radius 2 is 1.80 bits per heavy atom. The molecule has 0 heterocycles. The Morgan fingerprint density at radius 3 is 2.15 bits per heavy atom. The predicted molar refractivity (Wildman–Crippen MR) is 78.7 cm³/mol. The lowest BCUT2D eigenvalue weighted by Crippen LogP contribution is -2.58. The summed E-state index contributed by atoms with van der Waals surface area (Å²) in [6.07, 6.45) is 1.14. The molecule has 0 amide bonds. The summed E-state index contributed by atoms with van der Waals surface area (Å²) < 4.78 is 27.4. The molecule has 0 saturated heterocycles. The maximum atomic E-state index is 12.3. The first-order valence-corrected chi connectivity index (χ1v) is 8.63. The minimum Gasteiger partial charge on any atom is -0.480 e. The van der Waals surface area contributed by atoms with Crippen LogP contribution in [0.5, 0.6) is 0 Å². The second-order valence-electron chi connectivity index (χ2n) is 4.54. The minimum absolute atomic E-state index is 0.0725. The molecule has 2 rings (SSSR count). The third-order valence-electron chi connectivity index (χ3n) is 3.18. The molecule has 0 bridgehead atoms. The number of aliphatic carboxylic acids is 1. The van der Waals surface area contributed by atoms with E-state index in [0.717, 1.165) is 0 Å². The molecule has 5 nitrogen and oxygen atoms in total. The van der Waals surface area contributed by atoms with Gasteiger partial charge < -0.3 is 5.11 Å². The van der Waals surface area contributed by atoms with E-state index < -0.39 is 21.5 Å². The van der Waals surface area contributed by atoms with E-state index in [1.54, 1.807) is 0 Å². The van der Waals surface area contributed by atoms with E-state index in [2.05, 4.69) is 20.7 Å². The van der Waals surface area contributed by atoms with Crippen LogP contribution >= 0.6 is 39.1 Å². The molecule has 0 unspecified atom stereocenters. The molecule has 1 aromatic carbocycles. The average Bonchev–Trinajstić information content (AvgIpc) is 2.20. The molecular weight excluding hydrogens is 393 g/mol. The van der Waals surface area contributed by atoms with E-state index in [4.69, 9.17) is 23.2 Å². The molecule has 1 aliphatic carbocycles. The first-order valence-electron chi connectivity index (χ1n) is 5.60. The second-order valence-corrected chi connectivity index (χ2v) is 7.89. The van der Waals surface area contributed by atoms with Crippen LogP contribution in [0.4, 0.5) is 0 Å². The highest BCUT2D eigenvalue weighted by atomic mass is 79.9. The number of carboxylic acids is 1. The van der Waals surface area contributed by atoms with Crippen molar-refractivity contribution in [3.8, 4) is 0 Å². The van der Waals surface area contributed by atoms with Crippen LogP contribution in [0.25, 0.3) is 0 Å². The number of nitrogens with one attached hydrogen (secondary N) is 1. The van der Waals surface area contributed by atoms with E-state index in [9.17, 15) is 18.3 Å². The quantitative estimate of drug-likeness (QED) is 0.810. The topological polar surface area (TPSA) is 83.5 Å². The number of hydrogen-bond donors (Lipinski definition) is 2. The zero-order chi connectivity index (χ0) is 15.1. The zero-order valence-electron chi connectivity index (χ0n) is 9.99. The Labute approximate surface area is 134 Å². The normalized spacial score (nSPS) is 17.6. The lowest BCUT2D eigenvalue weighted by atomic mass is 9.78. The molecule has 110 valence electrons. The molecule has 1 aromatic rings. The van der Waals surface area contributed by atoms with Gasteiger partial charge in [-0.15, -0.1) is 0 Å². The fourth-order valence-corrected chi connectivity index (χ4v) is 5.34. The average molecular weight is 403 g/mol. The van der Waals surface area contributed by atoms with Gasteiger partial charge in [0, 0.05) is 4.47 Å². The SMILES string of the molecule is O=C(O)C1(NS(=O)(=O)c2c(Cl)cc(Br)cc2Cl)CCC1. The van der Waals surface area contributed by atoms with Gasteiger partial charge in [-0.2, -0.15) is 4.72 Å². The Balaban J connectivity index is 2.44. The van der Waals surface area contributed by atoms with Gasteiger partial charge in [0.05, 0.1) is 10.0 Å². The number of hydrogen-bond acceptors (Lipinski definition) is 3. The van der Waals surface area contributed by atoms with Gasteiger partial charge in [0.25, 0.3) is 0 Å². The molecule has 20 heavy (non-hydrogen) atoms. The van der Waals surface area contributed by atoms with Crippen molar-refractivity contribution in [3.05, 3.63) is 26.7 Å². The number of rotatable bonds is 4. The fourth-order valence-electron chi connectivity index (χ4n) is 1.98. The molecular formula is C11H10BrCl2NO4S. The summed E-state index contributed by atoms with van der Waals surface area (Å²) in [5, 5.41) is 9.03. The monoisotopic (exact) mass is 401 g/mol. The van der Waals surface area contributed by atoms with Crippen molar-refractivity contribution in [2.24, 2.45) is 0 Å². The Bertz CT molecular complexity index is 650. The molecule has 0 spiro atoms. The van der Waals surface area contributed by atoms with Crippen molar-refractivity contribution >= 4 is 55.1 Å². The highest BCUT2D eigenvalue weighted by Crippen LogP contribution is 2.37. The Hall–Kier alpha value is -0.340. The van der Waals surface area contributed by atoms with Gasteiger partial charge in [0.2, 0.25) is 10.0 Å². The van der Waals surface area contributed by atoms with E-state index in [-0.39, 0.29) is 27.8 Å². The summed E-state index contributed by atoms with van der Waals surface area (Å²) in [7, 11) is -4.12. The molecule has 9 heteroatoms. The van der Waals surface area contributed by atoms with Crippen LogP contribution in [0, 0.1) is 0 Å². The minimum atomic E-state index is -4.12. The number of benzene rings is 1. The largest absolute Gasteiger partial charge is 0.480 e. The van der Waals surface area contributed by atoms with Crippen molar-refractivity contribution < 1.29 is 18.3 Å². The smallest absolute Gasteiger partial charge is 0.324 e. The zero-order valence-corrected chi connectivity index (χ0v) is 13.9. The van der Waals surface area contributed by atoms with E-state index >= 15 is 0 Å². The van der Waals surface area contributed by atoms with Crippen LogP contribution in [0.3, 0.4) is 0 Å². The molecule has 1 aliphatic rings. The first kappa shape index (κ1) is 16.0. The Kier molecular flexibility index (Phi) is 4.37. The molecule has 0 atom stereocenters. The van der Waals surface area contributed by atoms with Gasteiger partial charge in [-0.3, -0.25) is 4.79 Å². The van der Waals surface area contributed by atoms with Crippen LogP contribution in [0.2, 0.25) is 10.0 Å². The van der Waals surface area contributed by atoms with Gasteiger partial charge in [0.15, 0.2) is 0 Å². The highest BCUT2D eigenvalue weighted by molar-refractivity contribution is 9.10. The fraction of sp³-hybridized carbons (Fsp3) is 0.364. The maximum Gasteiger partial charge on any atom is 0.324 e. The summed E-state index contributed by atoms with van der Waals surface area (Å²) in [5.74, 6) is -1.20. The van der Waals surface area contributed by atoms with Gasteiger partial charge in [-0.1, -0.05) is 39.1 Å². The van der Waals surface area contributed by atoms with Gasteiger partial charge in [-0.05, 0) is 31.4 Å². The third-order valence-corrected chi connectivity index (χ3v) is 6.09. The lowest BCUT2D eigenvalue weighted by molar-refractivity contribution is -0.147. The van der Waals surface area contributed by atoms with Gasteiger partial charge in [0.1, 0.15) is 10.4 Å². The molecule has 1 fully saturated rings. The predicted octanol–water partition coefficient (Wildman–Crippen LogP) is 3.04. The van der Waals surface area contributed by atoms with E-state index in [1.807, 2.05) is 0 Å². The molecule has 0 aromatic heterocycles. The lowest BCUT2D eigenvalue weighted by Gasteiger charge is -2.37. The van der Waals surface area contributed by atoms with Crippen LogP contribution in [0.1, 0.15) is 19.3 Å². The van der Waals surface area contributed by atoms with Crippen molar-refractivity contribution in [1.29, 1.82) is 0 Å². The van der Waals surface area contributed by atoms with Crippen molar-refractivity contribution in [1.82, 2.24) is 4.72 Å². The molecule has 2 N–H and O–H groups in total. The van der Waals surface area contributed by atoms with E-state index in [0.29, 0.717) is 10.9 Å². The highest BCUT2D eigenvalue weighted by Gasteiger charge is 2.48. The third kappa shape index (κ3) is 2.82. The summed E-state index contributed by atoms with van der Waals surface area (Å²) in [4.78, 5) is 10.9.